The highest BCUT2D eigenvalue weighted by Gasteiger charge is 2.35. The van der Waals surface area contributed by atoms with Gasteiger partial charge in [-0.05, 0) is 55.6 Å². The zero-order valence-electron chi connectivity index (χ0n) is 12.6. The maximum atomic E-state index is 12.9. The van der Waals surface area contributed by atoms with Crippen LogP contribution in [-0.4, -0.2) is 36.8 Å². The van der Waals surface area contributed by atoms with E-state index in [2.05, 4.69) is 11.6 Å². The largest absolute Gasteiger partial charge is 0.381 e. The van der Waals surface area contributed by atoms with E-state index in [-0.39, 0.29) is 5.82 Å². The summed E-state index contributed by atoms with van der Waals surface area (Å²) in [6.45, 7) is 2.87. The van der Waals surface area contributed by atoms with Gasteiger partial charge >= 0.3 is 0 Å². The molecule has 0 radical (unpaired) electrons. The molecule has 0 aromatic heterocycles. The van der Waals surface area contributed by atoms with Gasteiger partial charge in [-0.3, -0.25) is 0 Å². The van der Waals surface area contributed by atoms with Gasteiger partial charge in [0.2, 0.25) is 0 Å². The van der Waals surface area contributed by atoms with E-state index < -0.39 is 0 Å². The standard InChI is InChI=1S/C17H24FNOS/c1-21-17(6-8-20-9-7-17)12-19-16-10-14(11-16)13-2-4-15(18)5-3-13/h2-5,14,16,19H,6-12H2,1H3. The summed E-state index contributed by atoms with van der Waals surface area (Å²) in [4.78, 5) is 0. The first-order chi connectivity index (χ1) is 10.2. The van der Waals surface area contributed by atoms with Gasteiger partial charge in [0.05, 0.1) is 0 Å². The number of halogens is 1. The Morgan fingerprint density at radius 1 is 1.24 bits per heavy atom. The number of hydrogen-bond acceptors (Lipinski definition) is 3. The Kier molecular flexibility index (Phi) is 4.87. The molecule has 21 heavy (non-hydrogen) atoms. The van der Waals surface area contributed by atoms with Crippen molar-refractivity contribution in [3.63, 3.8) is 0 Å². The average molecular weight is 309 g/mol. The van der Waals surface area contributed by atoms with E-state index >= 15 is 0 Å². The summed E-state index contributed by atoms with van der Waals surface area (Å²) >= 11 is 1.98. The predicted octanol–water partition coefficient (Wildman–Crippen LogP) is 3.57. The zero-order chi connectivity index (χ0) is 14.7. The van der Waals surface area contributed by atoms with Crippen LogP contribution < -0.4 is 5.32 Å². The fourth-order valence-electron chi connectivity index (χ4n) is 3.32. The number of rotatable bonds is 5. The van der Waals surface area contributed by atoms with Crippen LogP contribution in [0.4, 0.5) is 4.39 Å². The quantitative estimate of drug-likeness (QED) is 0.898. The summed E-state index contributed by atoms with van der Waals surface area (Å²) < 4.78 is 18.8. The Hall–Kier alpha value is -0.580. The molecule has 1 aromatic rings. The minimum absolute atomic E-state index is 0.144. The van der Waals surface area contributed by atoms with Crippen molar-refractivity contribution in [2.75, 3.05) is 26.0 Å². The third-order valence-electron chi connectivity index (χ3n) is 5.03. The lowest BCUT2D eigenvalue weighted by molar-refractivity contribution is 0.0752. The molecule has 2 nitrogen and oxygen atoms in total. The van der Waals surface area contributed by atoms with E-state index in [1.165, 1.54) is 18.4 Å². The van der Waals surface area contributed by atoms with Crippen LogP contribution in [0.3, 0.4) is 0 Å². The van der Waals surface area contributed by atoms with Crippen molar-refractivity contribution in [1.29, 1.82) is 0 Å². The molecule has 116 valence electrons. The van der Waals surface area contributed by atoms with Gasteiger partial charge in [-0.25, -0.2) is 4.39 Å². The topological polar surface area (TPSA) is 21.3 Å². The van der Waals surface area contributed by atoms with Crippen molar-refractivity contribution in [3.8, 4) is 0 Å². The number of nitrogens with one attached hydrogen (secondary N) is 1. The van der Waals surface area contributed by atoms with E-state index in [1.807, 2.05) is 23.9 Å². The van der Waals surface area contributed by atoms with Crippen molar-refractivity contribution in [2.24, 2.45) is 0 Å². The minimum Gasteiger partial charge on any atom is -0.381 e. The van der Waals surface area contributed by atoms with E-state index in [4.69, 9.17) is 4.74 Å². The maximum Gasteiger partial charge on any atom is 0.123 e. The highest BCUT2D eigenvalue weighted by atomic mass is 32.2. The molecule has 2 aliphatic rings. The number of hydrogen-bond donors (Lipinski definition) is 1. The molecule has 1 N–H and O–H groups in total. The molecular formula is C17H24FNOS. The second-order valence-electron chi connectivity index (χ2n) is 6.30. The molecule has 0 unspecified atom stereocenters. The molecule has 1 saturated carbocycles. The summed E-state index contributed by atoms with van der Waals surface area (Å²) in [5, 5.41) is 3.74. The SMILES string of the molecule is CSC1(CNC2CC(c3ccc(F)cc3)C2)CCOCC1. The molecular weight excluding hydrogens is 285 g/mol. The molecule has 2 fully saturated rings. The first-order valence-corrected chi connectivity index (χ1v) is 9.05. The third-order valence-corrected chi connectivity index (χ3v) is 6.45. The van der Waals surface area contributed by atoms with E-state index in [1.54, 1.807) is 12.1 Å². The Morgan fingerprint density at radius 2 is 1.90 bits per heavy atom. The summed E-state index contributed by atoms with van der Waals surface area (Å²) in [5.41, 5.74) is 1.28. The number of ether oxygens (including phenoxy) is 1. The van der Waals surface area contributed by atoms with Gasteiger partial charge in [-0.1, -0.05) is 12.1 Å². The molecule has 1 saturated heterocycles. The van der Waals surface area contributed by atoms with Crippen LogP contribution in [0.15, 0.2) is 24.3 Å². The van der Waals surface area contributed by atoms with Gasteiger partial charge < -0.3 is 10.1 Å². The molecule has 3 rings (SSSR count). The van der Waals surface area contributed by atoms with Gasteiger partial charge in [-0.15, -0.1) is 0 Å². The zero-order valence-corrected chi connectivity index (χ0v) is 13.4. The first-order valence-electron chi connectivity index (χ1n) is 7.82. The normalized spacial score (nSPS) is 28.1. The van der Waals surface area contributed by atoms with Crippen LogP contribution in [0.2, 0.25) is 0 Å². The molecule has 4 heteroatoms. The van der Waals surface area contributed by atoms with Crippen LogP contribution in [0, 0.1) is 5.82 Å². The molecule has 1 heterocycles. The van der Waals surface area contributed by atoms with Crippen molar-refractivity contribution >= 4 is 11.8 Å². The molecule has 1 aliphatic carbocycles. The first kappa shape index (κ1) is 15.3. The smallest absolute Gasteiger partial charge is 0.123 e. The van der Waals surface area contributed by atoms with Gasteiger partial charge in [0.25, 0.3) is 0 Å². The lowest BCUT2D eigenvalue weighted by atomic mass is 9.75. The Labute approximate surface area is 130 Å². The lowest BCUT2D eigenvalue weighted by Crippen LogP contribution is -2.49. The summed E-state index contributed by atoms with van der Waals surface area (Å²) in [7, 11) is 0. The van der Waals surface area contributed by atoms with Gasteiger partial charge in [0.15, 0.2) is 0 Å². The van der Waals surface area contributed by atoms with Gasteiger partial charge in [-0.2, -0.15) is 11.8 Å². The van der Waals surface area contributed by atoms with E-state index in [0.717, 1.165) is 32.6 Å². The molecule has 0 amide bonds. The molecule has 0 bridgehead atoms. The van der Waals surface area contributed by atoms with Gasteiger partial charge in [0, 0.05) is 30.5 Å². The molecule has 0 spiro atoms. The maximum absolute atomic E-state index is 12.9. The van der Waals surface area contributed by atoms with Crippen molar-refractivity contribution in [1.82, 2.24) is 5.32 Å². The molecule has 1 aromatic carbocycles. The lowest BCUT2D eigenvalue weighted by Gasteiger charge is -2.41. The third kappa shape index (κ3) is 3.61. The highest BCUT2D eigenvalue weighted by molar-refractivity contribution is 8.00. The Balaban J connectivity index is 1.45. The van der Waals surface area contributed by atoms with E-state index in [0.29, 0.717) is 16.7 Å². The predicted molar refractivity (Wildman–Crippen MR) is 86.5 cm³/mol. The van der Waals surface area contributed by atoms with Gasteiger partial charge in [0.1, 0.15) is 5.82 Å². The summed E-state index contributed by atoms with van der Waals surface area (Å²) in [6.07, 6.45) is 6.86. The Morgan fingerprint density at radius 3 is 2.52 bits per heavy atom. The summed E-state index contributed by atoms with van der Waals surface area (Å²) in [6, 6.07) is 7.62. The summed E-state index contributed by atoms with van der Waals surface area (Å²) in [5.74, 6) is 0.456. The Bertz CT molecular complexity index is 452. The fourth-order valence-corrected chi connectivity index (χ4v) is 4.12. The van der Waals surface area contributed by atoms with E-state index in [9.17, 15) is 4.39 Å². The monoisotopic (exact) mass is 309 g/mol. The van der Waals surface area contributed by atoms with Crippen molar-refractivity contribution < 1.29 is 9.13 Å². The van der Waals surface area contributed by atoms with Crippen LogP contribution in [0.5, 0.6) is 0 Å². The fraction of sp³-hybridized carbons (Fsp3) is 0.647. The highest BCUT2D eigenvalue weighted by Crippen LogP contribution is 2.38. The van der Waals surface area contributed by atoms with Crippen LogP contribution in [-0.2, 0) is 4.74 Å². The second kappa shape index (κ2) is 6.67. The molecule has 1 aliphatic heterocycles. The average Bonchev–Trinajstić information content (AvgIpc) is 2.48. The van der Waals surface area contributed by atoms with Crippen LogP contribution in [0.1, 0.15) is 37.2 Å². The van der Waals surface area contributed by atoms with Crippen LogP contribution in [0.25, 0.3) is 0 Å². The number of thioether (sulfide) groups is 1. The van der Waals surface area contributed by atoms with Crippen molar-refractivity contribution in [2.45, 2.75) is 42.4 Å². The van der Waals surface area contributed by atoms with Crippen LogP contribution >= 0.6 is 11.8 Å². The number of benzene rings is 1. The second-order valence-corrected chi connectivity index (χ2v) is 7.57. The minimum atomic E-state index is -0.144. The van der Waals surface area contributed by atoms with Crippen molar-refractivity contribution in [3.05, 3.63) is 35.6 Å². The molecule has 0 atom stereocenters.